The van der Waals surface area contributed by atoms with Crippen molar-refractivity contribution in [1.82, 2.24) is 0 Å². The van der Waals surface area contributed by atoms with Gasteiger partial charge in [-0.05, 0) is 133 Å². The number of allylic oxidation sites excluding steroid dienone is 1. The van der Waals surface area contributed by atoms with E-state index in [4.69, 9.17) is 4.74 Å². The monoisotopic (exact) mass is 618 g/mol. The summed E-state index contributed by atoms with van der Waals surface area (Å²) in [6.45, 7) is 14.1. The summed E-state index contributed by atoms with van der Waals surface area (Å²) in [4.78, 5) is 26.6. The fraction of sp³-hybridized carbons (Fsp3) is 0.692. The van der Waals surface area contributed by atoms with Crippen LogP contribution in [0.25, 0.3) is 6.08 Å². The standard InChI is InChI=1S/C39H54O6/c1-23-21-26(22-45-33(42)14-9-25-7-10-27(40)11-8-25)28-15-20-39(35(43)44)29(34(28)24(23)2)12-13-31-37(5)18-17-32(41)36(3,4)30(37)16-19-38(31,39)6/h7-12,14,23-24,26,28,30-32,34,40-41H,13,15-22H2,1-6H3,(H,43,44)/b14-9-/t23-,24?,26?,28?,30?,31?,32-,34?,37+,38-,39-/m1/s1. The molecule has 0 saturated heterocycles. The van der Waals surface area contributed by atoms with Gasteiger partial charge in [0.25, 0.3) is 0 Å². The molecule has 6 nitrogen and oxygen atoms in total. The van der Waals surface area contributed by atoms with Gasteiger partial charge in [0.1, 0.15) is 5.75 Å². The Morgan fingerprint density at radius 1 is 0.978 bits per heavy atom. The summed E-state index contributed by atoms with van der Waals surface area (Å²) in [5, 5.41) is 31.9. The van der Waals surface area contributed by atoms with E-state index < -0.39 is 11.4 Å². The lowest BCUT2D eigenvalue weighted by Crippen LogP contribution is -2.66. The average Bonchev–Trinajstić information content (AvgIpc) is 2.99. The Bertz CT molecular complexity index is 1380. The quantitative estimate of drug-likeness (QED) is 0.176. The van der Waals surface area contributed by atoms with E-state index in [1.807, 2.05) is 0 Å². The van der Waals surface area contributed by atoms with E-state index in [0.29, 0.717) is 36.7 Å². The second-order valence-electron chi connectivity index (χ2n) is 16.7. The van der Waals surface area contributed by atoms with Gasteiger partial charge >= 0.3 is 11.9 Å². The molecule has 0 aliphatic heterocycles. The molecule has 246 valence electrons. The number of hydrogen-bond donors (Lipinski definition) is 3. The van der Waals surface area contributed by atoms with Gasteiger partial charge in [0.15, 0.2) is 0 Å². The van der Waals surface area contributed by atoms with E-state index in [-0.39, 0.29) is 51.8 Å². The first-order chi connectivity index (χ1) is 21.2. The number of ether oxygens (including phenoxy) is 1. The van der Waals surface area contributed by atoms with Crippen molar-refractivity contribution in [3.05, 3.63) is 47.6 Å². The molecule has 0 bridgehead atoms. The molecule has 1 aromatic carbocycles. The Balaban J connectivity index is 1.28. The van der Waals surface area contributed by atoms with Crippen LogP contribution < -0.4 is 0 Å². The molecule has 0 radical (unpaired) electrons. The number of hydrogen-bond acceptors (Lipinski definition) is 5. The Labute approximate surface area is 269 Å². The SMILES string of the molecule is CC1C2C3=CCC4[C@@]5(C)CC[C@@H](O)C(C)(C)C5CC[C@@]4(C)[C@]3(C(=O)O)CCC2C(COC(=O)/C=C\c2ccc(O)cc2)C[C@H]1C. The van der Waals surface area contributed by atoms with E-state index in [2.05, 4.69) is 47.6 Å². The van der Waals surface area contributed by atoms with E-state index in [9.17, 15) is 24.9 Å². The number of phenols is 1. The molecular weight excluding hydrogens is 564 g/mol. The minimum Gasteiger partial charge on any atom is -0.508 e. The highest BCUT2D eigenvalue weighted by molar-refractivity contribution is 5.87. The van der Waals surface area contributed by atoms with E-state index in [1.54, 1.807) is 30.3 Å². The maximum absolute atomic E-state index is 13.8. The molecule has 0 spiro atoms. The molecule has 4 saturated carbocycles. The fourth-order valence-corrected chi connectivity index (χ4v) is 12.1. The number of aliphatic carboxylic acids is 1. The van der Waals surface area contributed by atoms with Crippen LogP contribution >= 0.6 is 0 Å². The number of carboxylic acids is 1. The van der Waals surface area contributed by atoms with Crippen molar-refractivity contribution >= 4 is 18.0 Å². The second-order valence-corrected chi connectivity index (χ2v) is 16.7. The third-order valence-corrected chi connectivity index (χ3v) is 14.6. The van der Waals surface area contributed by atoms with Crippen molar-refractivity contribution in [2.24, 2.45) is 63.1 Å². The number of aromatic hydroxyl groups is 1. The van der Waals surface area contributed by atoms with Crippen LogP contribution in [0.5, 0.6) is 5.75 Å². The number of carbonyl (C=O) groups excluding carboxylic acids is 1. The van der Waals surface area contributed by atoms with Gasteiger partial charge in [0.05, 0.1) is 18.1 Å². The lowest BCUT2D eigenvalue weighted by molar-refractivity contribution is -0.212. The summed E-state index contributed by atoms with van der Waals surface area (Å²) in [6, 6.07) is 6.67. The van der Waals surface area contributed by atoms with Gasteiger partial charge in [-0.15, -0.1) is 0 Å². The van der Waals surface area contributed by atoms with Gasteiger partial charge in [-0.2, -0.15) is 0 Å². The first-order valence-corrected chi connectivity index (χ1v) is 17.4. The number of carbonyl (C=O) groups is 2. The molecule has 6 heteroatoms. The minimum absolute atomic E-state index is 0.00702. The molecular formula is C39H54O6. The smallest absolute Gasteiger partial charge is 0.330 e. The summed E-state index contributed by atoms with van der Waals surface area (Å²) >= 11 is 0. The normalized spacial score (nSPS) is 43.7. The van der Waals surface area contributed by atoms with E-state index in [0.717, 1.165) is 50.5 Å². The summed E-state index contributed by atoms with van der Waals surface area (Å²) in [5.74, 6) is 1.21. The van der Waals surface area contributed by atoms with Crippen molar-refractivity contribution in [2.75, 3.05) is 6.61 Å². The van der Waals surface area contributed by atoms with Gasteiger partial charge in [0, 0.05) is 6.08 Å². The molecule has 5 aliphatic carbocycles. The van der Waals surface area contributed by atoms with Crippen LogP contribution in [0.4, 0.5) is 0 Å². The van der Waals surface area contributed by atoms with Gasteiger partial charge in [-0.3, -0.25) is 4.79 Å². The van der Waals surface area contributed by atoms with Crippen LogP contribution in [0, 0.1) is 63.1 Å². The number of phenolic OH excluding ortho intramolecular Hbond substituents is 1. The Hall–Kier alpha value is -2.60. The lowest BCUT2D eigenvalue weighted by atomic mass is 9.34. The van der Waals surface area contributed by atoms with Crippen LogP contribution in [0.2, 0.25) is 0 Å². The van der Waals surface area contributed by atoms with Gasteiger partial charge < -0.3 is 20.1 Å². The zero-order chi connectivity index (χ0) is 32.5. The van der Waals surface area contributed by atoms with Crippen LogP contribution in [-0.4, -0.2) is 40.0 Å². The molecule has 3 N–H and O–H groups in total. The molecule has 0 amide bonds. The maximum atomic E-state index is 13.8. The van der Waals surface area contributed by atoms with Crippen LogP contribution in [0.1, 0.15) is 98.5 Å². The predicted octanol–water partition coefficient (Wildman–Crippen LogP) is 7.89. The molecule has 4 fully saturated rings. The van der Waals surface area contributed by atoms with Crippen LogP contribution in [0.3, 0.4) is 0 Å². The zero-order valence-corrected chi connectivity index (χ0v) is 28.1. The molecule has 0 heterocycles. The number of aliphatic hydroxyl groups excluding tert-OH is 1. The lowest BCUT2D eigenvalue weighted by Gasteiger charge is -2.70. The highest BCUT2D eigenvalue weighted by Crippen LogP contribution is 2.74. The molecule has 0 aromatic heterocycles. The van der Waals surface area contributed by atoms with Crippen molar-refractivity contribution in [3.63, 3.8) is 0 Å². The number of aliphatic hydroxyl groups is 1. The summed E-state index contributed by atoms with van der Waals surface area (Å²) in [5.41, 5.74) is 0.568. The molecule has 1 aromatic rings. The van der Waals surface area contributed by atoms with Gasteiger partial charge in [0.2, 0.25) is 0 Å². The Kier molecular flexibility index (Phi) is 8.11. The van der Waals surface area contributed by atoms with Gasteiger partial charge in [-0.25, -0.2) is 4.79 Å². The number of rotatable bonds is 5. The van der Waals surface area contributed by atoms with Crippen molar-refractivity contribution in [2.45, 2.75) is 99.0 Å². The van der Waals surface area contributed by atoms with E-state index in [1.165, 1.54) is 11.6 Å². The number of carboxylic acid groups (broad SMARTS) is 1. The minimum atomic E-state index is -0.884. The highest BCUT2D eigenvalue weighted by atomic mass is 16.5. The van der Waals surface area contributed by atoms with Crippen molar-refractivity contribution in [1.29, 1.82) is 0 Å². The molecule has 11 atom stereocenters. The summed E-state index contributed by atoms with van der Waals surface area (Å²) in [6.07, 6.45) is 12.2. The molecule has 6 unspecified atom stereocenters. The first-order valence-electron chi connectivity index (χ1n) is 17.4. The fourth-order valence-electron chi connectivity index (χ4n) is 12.1. The first kappa shape index (κ1) is 32.3. The second kappa shape index (κ2) is 11.3. The molecule has 45 heavy (non-hydrogen) atoms. The summed E-state index contributed by atoms with van der Waals surface area (Å²) < 4.78 is 5.84. The molecule has 6 rings (SSSR count). The average molecular weight is 619 g/mol. The third-order valence-electron chi connectivity index (χ3n) is 14.6. The predicted molar refractivity (Wildman–Crippen MR) is 175 cm³/mol. The van der Waals surface area contributed by atoms with Crippen molar-refractivity contribution in [3.8, 4) is 5.75 Å². The topological polar surface area (TPSA) is 104 Å². The molecule has 5 aliphatic rings. The van der Waals surface area contributed by atoms with Crippen LogP contribution in [-0.2, 0) is 14.3 Å². The van der Waals surface area contributed by atoms with Gasteiger partial charge in [-0.1, -0.05) is 65.3 Å². The number of fused-ring (bicyclic) bond motifs is 7. The zero-order valence-electron chi connectivity index (χ0n) is 28.1. The van der Waals surface area contributed by atoms with Crippen LogP contribution in [0.15, 0.2) is 42.0 Å². The van der Waals surface area contributed by atoms with Crippen molar-refractivity contribution < 1.29 is 29.6 Å². The number of benzene rings is 1. The largest absolute Gasteiger partial charge is 0.508 e. The highest BCUT2D eigenvalue weighted by Gasteiger charge is 2.71. The third kappa shape index (κ3) is 4.83. The number of esters is 1. The summed E-state index contributed by atoms with van der Waals surface area (Å²) in [7, 11) is 0. The Morgan fingerprint density at radius 3 is 2.38 bits per heavy atom. The van der Waals surface area contributed by atoms with E-state index >= 15 is 0 Å². The Morgan fingerprint density at radius 2 is 1.69 bits per heavy atom. The maximum Gasteiger partial charge on any atom is 0.330 e.